The third kappa shape index (κ3) is 4.51. The molecule has 2 aliphatic carbocycles. The van der Waals surface area contributed by atoms with Gasteiger partial charge in [0.15, 0.2) is 0 Å². The molecule has 0 bridgehead atoms. The van der Waals surface area contributed by atoms with Gasteiger partial charge < -0.3 is 10.5 Å². The number of nitrogens with two attached hydrogens (primary N) is 1. The van der Waals surface area contributed by atoms with Gasteiger partial charge in [0.05, 0.1) is 18.4 Å². The zero-order chi connectivity index (χ0) is 20.4. The molecule has 0 fully saturated rings. The number of allylic oxidation sites excluding steroid dienone is 7. The summed E-state index contributed by atoms with van der Waals surface area (Å²) in [6.45, 7) is 6.46. The van der Waals surface area contributed by atoms with Gasteiger partial charge in [-0.2, -0.15) is 0 Å². The van der Waals surface area contributed by atoms with E-state index in [0.29, 0.717) is 5.15 Å². The number of nitrogen functional groups attached to an aromatic ring is 1. The zero-order valence-corrected chi connectivity index (χ0v) is 19.6. The van der Waals surface area contributed by atoms with Crippen molar-refractivity contribution in [1.82, 2.24) is 9.97 Å². The molecule has 0 atom stereocenters. The van der Waals surface area contributed by atoms with E-state index in [-0.39, 0.29) is 5.95 Å². The van der Waals surface area contributed by atoms with Crippen molar-refractivity contribution in [2.24, 2.45) is 0 Å². The van der Waals surface area contributed by atoms with Gasteiger partial charge in [0.1, 0.15) is 10.9 Å². The number of rotatable bonds is 3. The molecular weight excluding hydrogens is 485 g/mol. The standard InChI is InChI=1S/C22H25ClIN3O/c1-12-5-7-16(14(3)20(28-4)13(2)9-12)10-15-6-8-17(24)19-18(11-15)26-22(25)27-21(19)23/h8-9,11H,5-7,10H2,1-4H3,(H2,25,26,27)/b12-9+,16-14+,20-13+. The van der Waals surface area contributed by atoms with Crippen LogP contribution in [0, 0.1) is 0 Å². The van der Waals surface area contributed by atoms with Crippen LogP contribution >= 0.6 is 34.2 Å². The Morgan fingerprint density at radius 1 is 1.18 bits per heavy atom. The first-order valence-electron chi connectivity index (χ1n) is 9.29. The lowest BCUT2D eigenvalue weighted by Crippen LogP contribution is -2.03. The first-order valence-corrected chi connectivity index (χ1v) is 10.7. The Morgan fingerprint density at radius 3 is 2.64 bits per heavy atom. The number of hydrogen-bond acceptors (Lipinski definition) is 4. The highest BCUT2D eigenvalue weighted by atomic mass is 127. The molecule has 0 radical (unpaired) electrons. The normalized spacial score (nSPS) is 24.9. The Balaban J connectivity index is 2.03. The topological polar surface area (TPSA) is 61.0 Å². The van der Waals surface area contributed by atoms with Crippen LogP contribution in [0.5, 0.6) is 0 Å². The third-order valence-electron chi connectivity index (χ3n) is 5.19. The molecule has 0 aliphatic heterocycles. The summed E-state index contributed by atoms with van der Waals surface area (Å²) in [4.78, 5) is 8.55. The van der Waals surface area contributed by atoms with Crippen LogP contribution in [-0.4, -0.2) is 17.1 Å². The van der Waals surface area contributed by atoms with Crippen LogP contribution in [0.4, 0.5) is 5.95 Å². The summed E-state index contributed by atoms with van der Waals surface area (Å²) >= 11 is 8.64. The molecule has 1 aromatic rings. The van der Waals surface area contributed by atoms with Crippen molar-refractivity contribution in [3.8, 4) is 0 Å². The second-order valence-corrected chi connectivity index (χ2v) is 8.82. The maximum absolute atomic E-state index is 6.34. The van der Waals surface area contributed by atoms with Crippen LogP contribution < -0.4 is 5.73 Å². The summed E-state index contributed by atoms with van der Waals surface area (Å²) in [6.07, 6.45) is 10.3. The van der Waals surface area contributed by atoms with Crippen LogP contribution in [0.25, 0.3) is 9.66 Å². The van der Waals surface area contributed by atoms with Crippen LogP contribution in [0.3, 0.4) is 0 Å². The minimum absolute atomic E-state index is 0.202. The average molecular weight is 510 g/mol. The maximum atomic E-state index is 6.34. The lowest BCUT2D eigenvalue weighted by atomic mass is 9.89. The van der Waals surface area contributed by atoms with E-state index in [1.807, 2.05) is 0 Å². The molecule has 148 valence electrons. The molecule has 3 rings (SSSR count). The van der Waals surface area contributed by atoms with Crippen molar-refractivity contribution in [2.45, 2.75) is 46.5 Å². The minimum Gasteiger partial charge on any atom is -0.496 e. The number of anilines is 1. The lowest BCUT2D eigenvalue weighted by molar-refractivity contribution is 0.296. The Morgan fingerprint density at radius 2 is 1.93 bits per heavy atom. The quantitative estimate of drug-likeness (QED) is 0.366. The predicted octanol–water partition coefficient (Wildman–Crippen LogP) is 6.64. The highest BCUT2D eigenvalue weighted by molar-refractivity contribution is 14.1. The van der Waals surface area contributed by atoms with E-state index in [1.165, 1.54) is 27.9 Å². The second-order valence-electron chi connectivity index (χ2n) is 7.30. The molecule has 1 aromatic heterocycles. The Hall–Kier alpha value is -1.60. The molecule has 0 saturated carbocycles. The smallest absolute Gasteiger partial charge is 0.222 e. The van der Waals surface area contributed by atoms with Gasteiger partial charge in [0.25, 0.3) is 0 Å². The molecule has 0 saturated heterocycles. The minimum atomic E-state index is 0.202. The van der Waals surface area contributed by atoms with E-state index in [1.54, 1.807) is 7.11 Å². The molecule has 0 amide bonds. The molecule has 1 heterocycles. The van der Waals surface area contributed by atoms with Crippen molar-refractivity contribution >= 4 is 49.8 Å². The molecule has 0 unspecified atom stereocenters. The fourth-order valence-corrected chi connectivity index (χ4v) is 4.99. The number of nitrogens with zero attached hydrogens (tertiary/aromatic N) is 2. The number of ether oxygens (including phenoxy) is 1. The first-order chi connectivity index (χ1) is 13.3. The Bertz CT molecular complexity index is 970. The molecule has 2 aliphatic rings. The average Bonchev–Trinajstić information content (AvgIpc) is 2.76. The summed E-state index contributed by atoms with van der Waals surface area (Å²) in [5.41, 5.74) is 14.0. The van der Waals surface area contributed by atoms with Gasteiger partial charge in [-0.3, -0.25) is 0 Å². The van der Waals surface area contributed by atoms with Crippen molar-refractivity contribution in [3.63, 3.8) is 0 Å². The highest BCUT2D eigenvalue weighted by Gasteiger charge is 2.19. The molecule has 0 spiro atoms. The third-order valence-corrected chi connectivity index (χ3v) is 6.44. The molecule has 28 heavy (non-hydrogen) atoms. The molecule has 0 aromatic carbocycles. The Labute approximate surface area is 185 Å². The fourth-order valence-electron chi connectivity index (χ4n) is 3.80. The summed E-state index contributed by atoms with van der Waals surface area (Å²) in [5, 5.41) is 0.406. The number of fused-ring (bicyclic) bond motifs is 1. The fraction of sp³-hybridized carbons (Fsp3) is 0.364. The summed E-state index contributed by atoms with van der Waals surface area (Å²) in [7, 11) is 1.75. The predicted molar refractivity (Wildman–Crippen MR) is 126 cm³/mol. The van der Waals surface area contributed by atoms with E-state index in [9.17, 15) is 0 Å². The summed E-state index contributed by atoms with van der Waals surface area (Å²) < 4.78 is 6.79. The largest absolute Gasteiger partial charge is 0.496 e. The van der Waals surface area contributed by atoms with Crippen LogP contribution in [0.2, 0.25) is 5.15 Å². The highest BCUT2D eigenvalue weighted by Crippen LogP contribution is 2.38. The van der Waals surface area contributed by atoms with Crippen molar-refractivity contribution < 1.29 is 4.74 Å². The van der Waals surface area contributed by atoms with Gasteiger partial charge in [0, 0.05) is 3.58 Å². The van der Waals surface area contributed by atoms with Gasteiger partial charge >= 0.3 is 0 Å². The molecular formula is C22H25ClIN3O. The van der Waals surface area contributed by atoms with Gasteiger partial charge in [-0.15, -0.1) is 0 Å². The summed E-state index contributed by atoms with van der Waals surface area (Å²) in [5.74, 6) is 1.18. The van der Waals surface area contributed by atoms with Crippen molar-refractivity contribution in [3.05, 3.63) is 62.2 Å². The van der Waals surface area contributed by atoms with Gasteiger partial charge in [-0.25, -0.2) is 9.97 Å². The van der Waals surface area contributed by atoms with Gasteiger partial charge in [0.2, 0.25) is 5.95 Å². The van der Waals surface area contributed by atoms with E-state index in [0.717, 1.165) is 46.3 Å². The van der Waals surface area contributed by atoms with Crippen molar-refractivity contribution in [2.75, 3.05) is 12.8 Å². The first kappa shape index (κ1) is 21.1. The number of hydrogen-bond donors (Lipinski definition) is 1. The molecule has 4 nitrogen and oxygen atoms in total. The van der Waals surface area contributed by atoms with E-state index >= 15 is 0 Å². The maximum Gasteiger partial charge on any atom is 0.222 e. The number of methoxy groups -OCH3 is 1. The van der Waals surface area contributed by atoms with E-state index < -0.39 is 0 Å². The lowest BCUT2D eigenvalue weighted by Gasteiger charge is -2.20. The van der Waals surface area contributed by atoms with Crippen LogP contribution in [0.15, 0.2) is 45.8 Å². The molecule has 2 N–H and O–H groups in total. The number of halogens is 2. The molecule has 6 heteroatoms. The van der Waals surface area contributed by atoms with Crippen LogP contribution in [-0.2, 0) is 4.74 Å². The van der Waals surface area contributed by atoms with Gasteiger partial charge in [-0.1, -0.05) is 40.5 Å². The second kappa shape index (κ2) is 8.82. The van der Waals surface area contributed by atoms with E-state index in [2.05, 4.69) is 71.6 Å². The zero-order valence-electron chi connectivity index (χ0n) is 16.7. The number of aromatic nitrogens is 2. The Kier molecular flexibility index (Phi) is 6.65. The van der Waals surface area contributed by atoms with Crippen molar-refractivity contribution in [1.29, 1.82) is 0 Å². The summed E-state index contributed by atoms with van der Waals surface area (Å²) in [6, 6.07) is 0. The SMILES string of the molecule is COC1=C(C)/C=C(\C)CC/C(CC2=Cc3nc(N)nc(Cl)c3C(I)=CC2)=C\1C. The van der Waals surface area contributed by atoms with Gasteiger partial charge in [-0.05, 0) is 86.3 Å². The van der Waals surface area contributed by atoms with E-state index in [4.69, 9.17) is 22.1 Å². The van der Waals surface area contributed by atoms with Crippen LogP contribution in [0.1, 0.15) is 57.7 Å². The monoisotopic (exact) mass is 509 g/mol.